The number of ether oxygens (including phenoxy) is 2. The third kappa shape index (κ3) is 5.37. The van der Waals surface area contributed by atoms with Crippen LogP contribution >= 0.6 is 0 Å². The lowest BCUT2D eigenvalue weighted by Gasteiger charge is -2.33. The molecule has 1 heterocycles. The Kier molecular flexibility index (Phi) is 6.82. The molecular weight excluding hydrogens is 338 g/mol. The minimum absolute atomic E-state index is 0.0781. The summed E-state index contributed by atoms with van der Waals surface area (Å²) >= 11 is 0. The Morgan fingerprint density at radius 3 is 2.31 bits per heavy atom. The Bertz CT molecular complexity index is 637. The van der Waals surface area contributed by atoms with Crippen LogP contribution in [0.15, 0.2) is 24.3 Å². The zero-order valence-electron chi connectivity index (χ0n) is 15.4. The Morgan fingerprint density at radius 2 is 1.77 bits per heavy atom. The molecule has 0 atom stereocenters. The molecule has 8 heteroatoms. The van der Waals surface area contributed by atoms with E-state index in [-0.39, 0.29) is 24.6 Å². The van der Waals surface area contributed by atoms with Gasteiger partial charge < -0.3 is 24.6 Å². The van der Waals surface area contributed by atoms with Crippen molar-refractivity contribution in [2.45, 2.75) is 25.8 Å². The molecule has 1 fully saturated rings. The second-order valence-electron chi connectivity index (χ2n) is 6.22. The van der Waals surface area contributed by atoms with Gasteiger partial charge in [-0.2, -0.15) is 0 Å². The molecule has 0 bridgehead atoms. The van der Waals surface area contributed by atoms with Gasteiger partial charge in [-0.05, 0) is 44.0 Å². The number of amides is 3. The number of carbonyl (C=O) groups is 3. The van der Waals surface area contributed by atoms with Crippen molar-refractivity contribution < 1.29 is 23.9 Å². The van der Waals surface area contributed by atoms with Gasteiger partial charge >= 0.3 is 12.2 Å². The van der Waals surface area contributed by atoms with Crippen LogP contribution in [0.1, 0.15) is 30.1 Å². The smallest absolute Gasteiger partial charge is 0.434 e. The molecule has 1 aliphatic heterocycles. The monoisotopic (exact) mass is 363 g/mol. The van der Waals surface area contributed by atoms with Gasteiger partial charge in [-0.25, -0.2) is 9.59 Å². The number of nitrogens with zero attached hydrogens (tertiary/aromatic N) is 2. The molecule has 0 aliphatic carbocycles. The average Bonchev–Trinajstić information content (AvgIpc) is 2.62. The van der Waals surface area contributed by atoms with Crippen LogP contribution in [0.25, 0.3) is 0 Å². The molecule has 2 rings (SSSR count). The minimum atomic E-state index is -0.770. The largest absolute Gasteiger partial charge is 0.513 e. The van der Waals surface area contributed by atoms with Gasteiger partial charge in [0.15, 0.2) is 0 Å². The fourth-order valence-electron chi connectivity index (χ4n) is 2.62. The molecule has 8 nitrogen and oxygen atoms in total. The lowest BCUT2D eigenvalue weighted by Crippen LogP contribution is -2.48. The van der Waals surface area contributed by atoms with Crippen molar-refractivity contribution in [3.8, 4) is 5.75 Å². The Balaban J connectivity index is 1.86. The van der Waals surface area contributed by atoms with Crippen molar-refractivity contribution >= 4 is 18.1 Å². The molecule has 1 aromatic rings. The Morgan fingerprint density at radius 1 is 1.15 bits per heavy atom. The molecule has 1 N–H and O–H groups in total. The van der Waals surface area contributed by atoms with Crippen molar-refractivity contribution in [3.63, 3.8) is 0 Å². The first-order valence-electron chi connectivity index (χ1n) is 8.62. The second-order valence-corrected chi connectivity index (χ2v) is 6.22. The number of likely N-dealkylation sites (tertiary alicyclic amines) is 1. The van der Waals surface area contributed by atoms with Crippen molar-refractivity contribution in [3.05, 3.63) is 29.8 Å². The predicted molar refractivity (Wildman–Crippen MR) is 95.2 cm³/mol. The Hall–Kier alpha value is -2.77. The van der Waals surface area contributed by atoms with Crippen LogP contribution in [0.3, 0.4) is 0 Å². The summed E-state index contributed by atoms with van der Waals surface area (Å²) in [5, 5.41) is 2.94. The fraction of sp³-hybridized carbons (Fsp3) is 0.500. The molecule has 0 aromatic heterocycles. The van der Waals surface area contributed by atoms with E-state index in [4.69, 9.17) is 9.47 Å². The maximum atomic E-state index is 12.6. The van der Waals surface area contributed by atoms with E-state index in [2.05, 4.69) is 5.32 Å². The number of carbonyl (C=O) groups excluding carboxylic acids is 3. The van der Waals surface area contributed by atoms with Gasteiger partial charge in [-0.1, -0.05) is 0 Å². The predicted octanol–water partition coefficient (Wildman–Crippen LogP) is 2.10. The molecule has 1 aliphatic rings. The standard InChI is InChI=1S/C18H25N3O5/c1-4-25-18(24)26-15-7-5-13(6-8-15)16(22)21-11-9-14(10-12-21)19-17(23)20(2)3/h5-8,14H,4,9-12H2,1-3H3,(H,19,23). The topological polar surface area (TPSA) is 88.2 Å². The summed E-state index contributed by atoms with van der Waals surface area (Å²) in [6, 6.07) is 6.33. The van der Waals surface area contributed by atoms with Gasteiger partial charge in [0.25, 0.3) is 5.91 Å². The van der Waals surface area contributed by atoms with E-state index in [0.717, 1.165) is 12.8 Å². The van der Waals surface area contributed by atoms with E-state index in [0.29, 0.717) is 24.4 Å². The zero-order chi connectivity index (χ0) is 19.1. The van der Waals surface area contributed by atoms with Crippen molar-refractivity contribution in [1.82, 2.24) is 15.1 Å². The minimum Gasteiger partial charge on any atom is -0.434 e. The summed E-state index contributed by atoms with van der Waals surface area (Å²) in [6.45, 7) is 3.09. The molecule has 0 unspecified atom stereocenters. The van der Waals surface area contributed by atoms with Crippen LogP contribution in [-0.2, 0) is 4.74 Å². The van der Waals surface area contributed by atoms with E-state index in [1.165, 1.54) is 4.90 Å². The summed E-state index contributed by atoms with van der Waals surface area (Å²) in [4.78, 5) is 38.8. The zero-order valence-corrected chi connectivity index (χ0v) is 15.4. The summed E-state index contributed by atoms with van der Waals surface area (Å²) in [7, 11) is 3.40. The van der Waals surface area contributed by atoms with Crippen molar-refractivity contribution in [1.29, 1.82) is 0 Å². The van der Waals surface area contributed by atoms with Crippen LogP contribution in [0, 0.1) is 0 Å². The summed E-state index contributed by atoms with van der Waals surface area (Å²) < 4.78 is 9.68. The van der Waals surface area contributed by atoms with Crippen LogP contribution in [0.2, 0.25) is 0 Å². The van der Waals surface area contributed by atoms with E-state index >= 15 is 0 Å². The second kappa shape index (κ2) is 9.07. The molecule has 0 spiro atoms. The van der Waals surface area contributed by atoms with Gasteiger partial charge in [-0.15, -0.1) is 0 Å². The van der Waals surface area contributed by atoms with Crippen molar-refractivity contribution in [2.75, 3.05) is 33.8 Å². The molecule has 1 saturated heterocycles. The first-order chi connectivity index (χ1) is 12.4. The molecular formula is C18H25N3O5. The van der Waals surface area contributed by atoms with Gasteiger partial charge in [0.1, 0.15) is 5.75 Å². The molecule has 1 aromatic carbocycles. The van der Waals surface area contributed by atoms with Crippen LogP contribution in [0.5, 0.6) is 5.75 Å². The van der Waals surface area contributed by atoms with E-state index in [1.807, 2.05) is 0 Å². The summed E-state index contributed by atoms with van der Waals surface area (Å²) in [5.74, 6) is 0.246. The number of urea groups is 1. The first kappa shape index (κ1) is 19.6. The molecule has 142 valence electrons. The van der Waals surface area contributed by atoms with E-state index in [1.54, 1.807) is 50.2 Å². The number of nitrogens with one attached hydrogen (secondary N) is 1. The maximum Gasteiger partial charge on any atom is 0.513 e. The lowest BCUT2D eigenvalue weighted by atomic mass is 10.0. The maximum absolute atomic E-state index is 12.6. The summed E-state index contributed by atoms with van der Waals surface area (Å²) in [5.41, 5.74) is 0.525. The highest BCUT2D eigenvalue weighted by Crippen LogP contribution is 2.17. The SMILES string of the molecule is CCOC(=O)Oc1ccc(C(=O)N2CCC(NC(=O)N(C)C)CC2)cc1. The number of hydrogen-bond donors (Lipinski definition) is 1. The summed E-state index contributed by atoms with van der Waals surface area (Å²) in [6.07, 6.45) is 0.665. The lowest BCUT2D eigenvalue weighted by molar-refractivity contribution is 0.0707. The van der Waals surface area contributed by atoms with Gasteiger partial charge in [0.2, 0.25) is 0 Å². The van der Waals surface area contributed by atoms with Crippen LogP contribution in [0.4, 0.5) is 9.59 Å². The Labute approximate surface area is 153 Å². The molecule has 26 heavy (non-hydrogen) atoms. The van der Waals surface area contributed by atoms with Crippen LogP contribution in [-0.4, -0.2) is 67.7 Å². The number of rotatable bonds is 4. The average molecular weight is 363 g/mol. The highest BCUT2D eigenvalue weighted by atomic mass is 16.7. The quantitative estimate of drug-likeness (QED) is 0.654. The number of benzene rings is 1. The molecule has 0 radical (unpaired) electrons. The van der Waals surface area contributed by atoms with E-state index < -0.39 is 6.16 Å². The fourth-order valence-corrected chi connectivity index (χ4v) is 2.62. The van der Waals surface area contributed by atoms with Gasteiger partial charge in [0, 0.05) is 38.8 Å². The molecule has 0 saturated carbocycles. The highest BCUT2D eigenvalue weighted by molar-refractivity contribution is 5.94. The van der Waals surface area contributed by atoms with Gasteiger partial charge in [-0.3, -0.25) is 4.79 Å². The number of piperidine rings is 1. The first-order valence-corrected chi connectivity index (χ1v) is 8.62. The third-order valence-electron chi connectivity index (χ3n) is 4.08. The molecule has 3 amide bonds. The normalized spacial score (nSPS) is 14.5. The third-order valence-corrected chi connectivity index (χ3v) is 4.08. The van der Waals surface area contributed by atoms with Gasteiger partial charge in [0.05, 0.1) is 6.61 Å². The van der Waals surface area contributed by atoms with Crippen molar-refractivity contribution in [2.24, 2.45) is 0 Å². The van der Waals surface area contributed by atoms with E-state index in [9.17, 15) is 14.4 Å². The van der Waals surface area contributed by atoms with Crippen LogP contribution < -0.4 is 10.1 Å². The number of hydrogen-bond acceptors (Lipinski definition) is 5. The highest BCUT2D eigenvalue weighted by Gasteiger charge is 2.25.